The molecule has 7 heteroatoms. The molecule has 2 heterocycles. The molecular weight excluding hydrogens is 350 g/mol. The first-order valence-corrected chi connectivity index (χ1v) is 9.44. The Balaban J connectivity index is 1.53. The van der Waals surface area contributed by atoms with Crippen molar-refractivity contribution < 1.29 is 28.5 Å². The van der Waals surface area contributed by atoms with Gasteiger partial charge < -0.3 is 23.8 Å². The zero-order valence-electron chi connectivity index (χ0n) is 15.7. The number of carbonyl (C=O) groups is 2. The highest BCUT2D eigenvalue weighted by Crippen LogP contribution is 2.27. The third kappa shape index (κ3) is 5.43. The Morgan fingerprint density at radius 1 is 1.19 bits per heavy atom. The molecule has 27 heavy (non-hydrogen) atoms. The predicted octanol–water partition coefficient (Wildman–Crippen LogP) is 2.59. The predicted molar refractivity (Wildman–Crippen MR) is 96.7 cm³/mol. The summed E-state index contributed by atoms with van der Waals surface area (Å²) in [7, 11) is 1.36. The molecule has 0 N–H and O–H groups in total. The van der Waals surface area contributed by atoms with Gasteiger partial charge in [0.2, 0.25) is 0 Å². The standard InChI is InChI=1S/C20H27NO6/c1-24-19(22)17-12-21(20(23)27-13-15-7-3-2-4-8-15)11-16(17)14-26-18-9-5-6-10-25-18/h2-4,7-8,16-18H,5-6,9-14H2,1H3. The van der Waals surface area contributed by atoms with E-state index in [1.54, 1.807) is 4.90 Å². The minimum absolute atomic E-state index is 0.132. The van der Waals surface area contributed by atoms with Gasteiger partial charge in [-0.15, -0.1) is 0 Å². The quantitative estimate of drug-likeness (QED) is 0.710. The number of hydrogen-bond acceptors (Lipinski definition) is 6. The van der Waals surface area contributed by atoms with Gasteiger partial charge in [-0.1, -0.05) is 30.3 Å². The summed E-state index contributed by atoms with van der Waals surface area (Å²) in [6, 6.07) is 9.50. The Bertz CT molecular complexity index is 616. The van der Waals surface area contributed by atoms with Crippen molar-refractivity contribution in [3.8, 4) is 0 Å². The number of methoxy groups -OCH3 is 1. The zero-order valence-corrected chi connectivity index (χ0v) is 15.7. The number of rotatable bonds is 6. The fourth-order valence-corrected chi connectivity index (χ4v) is 3.49. The maximum Gasteiger partial charge on any atom is 0.410 e. The van der Waals surface area contributed by atoms with Crippen molar-refractivity contribution in [1.82, 2.24) is 4.90 Å². The van der Waals surface area contributed by atoms with Crippen molar-refractivity contribution in [2.45, 2.75) is 32.2 Å². The molecule has 0 radical (unpaired) electrons. The summed E-state index contributed by atoms with van der Waals surface area (Å²) in [6.45, 7) is 1.94. The average Bonchev–Trinajstić information content (AvgIpc) is 3.16. The number of ether oxygens (including phenoxy) is 4. The maximum atomic E-state index is 12.4. The topological polar surface area (TPSA) is 74.3 Å². The van der Waals surface area contributed by atoms with Crippen molar-refractivity contribution in [2.24, 2.45) is 11.8 Å². The van der Waals surface area contributed by atoms with Gasteiger partial charge in [-0.2, -0.15) is 0 Å². The van der Waals surface area contributed by atoms with Gasteiger partial charge in [0.05, 0.1) is 19.6 Å². The van der Waals surface area contributed by atoms with Gasteiger partial charge in [0.15, 0.2) is 6.29 Å². The molecule has 3 unspecified atom stereocenters. The third-order valence-corrected chi connectivity index (χ3v) is 5.04. The first-order chi connectivity index (χ1) is 13.2. The van der Waals surface area contributed by atoms with Crippen LogP contribution in [0.25, 0.3) is 0 Å². The van der Waals surface area contributed by atoms with Crippen molar-refractivity contribution in [3.63, 3.8) is 0 Å². The molecule has 0 aromatic heterocycles. The van der Waals surface area contributed by atoms with Crippen LogP contribution in [0.1, 0.15) is 24.8 Å². The number of likely N-dealkylation sites (tertiary alicyclic amines) is 1. The molecule has 1 amide bonds. The summed E-state index contributed by atoms with van der Waals surface area (Å²) in [5, 5.41) is 0. The highest BCUT2D eigenvalue weighted by Gasteiger charge is 2.41. The largest absolute Gasteiger partial charge is 0.469 e. The molecule has 0 bridgehead atoms. The Hall–Kier alpha value is -2.12. The number of amides is 1. The van der Waals surface area contributed by atoms with E-state index in [0.29, 0.717) is 19.8 Å². The van der Waals surface area contributed by atoms with Gasteiger partial charge in [-0.05, 0) is 24.8 Å². The average molecular weight is 377 g/mol. The number of carbonyl (C=O) groups excluding carboxylic acids is 2. The van der Waals surface area contributed by atoms with Crippen LogP contribution in [0.3, 0.4) is 0 Å². The van der Waals surface area contributed by atoms with E-state index < -0.39 is 12.0 Å². The summed E-state index contributed by atoms with van der Waals surface area (Å²) in [5.41, 5.74) is 0.920. The molecule has 3 atom stereocenters. The minimum Gasteiger partial charge on any atom is -0.469 e. The fourth-order valence-electron chi connectivity index (χ4n) is 3.49. The molecule has 1 aromatic rings. The smallest absolute Gasteiger partial charge is 0.410 e. The van der Waals surface area contributed by atoms with E-state index in [9.17, 15) is 9.59 Å². The van der Waals surface area contributed by atoms with Crippen LogP contribution < -0.4 is 0 Å². The Morgan fingerprint density at radius 2 is 2.00 bits per heavy atom. The van der Waals surface area contributed by atoms with Crippen LogP contribution in [0, 0.1) is 11.8 Å². The lowest BCUT2D eigenvalue weighted by molar-refractivity contribution is -0.173. The van der Waals surface area contributed by atoms with E-state index >= 15 is 0 Å². The number of hydrogen-bond donors (Lipinski definition) is 0. The second-order valence-corrected chi connectivity index (χ2v) is 6.96. The molecule has 2 fully saturated rings. The van der Waals surface area contributed by atoms with Gasteiger partial charge in [0, 0.05) is 25.6 Å². The van der Waals surface area contributed by atoms with Crippen molar-refractivity contribution in [1.29, 1.82) is 0 Å². The Kier molecular flexibility index (Phi) is 7.06. The van der Waals surface area contributed by atoms with Crippen molar-refractivity contribution in [3.05, 3.63) is 35.9 Å². The monoisotopic (exact) mass is 377 g/mol. The number of nitrogens with zero attached hydrogens (tertiary/aromatic N) is 1. The third-order valence-electron chi connectivity index (χ3n) is 5.04. The van der Waals surface area contributed by atoms with E-state index in [4.69, 9.17) is 18.9 Å². The van der Waals surface area contributed by atoms with E-state index in [1.165, 1.54) is 7.11 Å². The summed E-state index contributed by atoms with van der Waals surface area (Å²) in [6.07, 6.45) is 2.33. The van der Waals surface area contributed by atoms with E-state index in [2.05, 4.69) is 0 Å². The molecule has 0 spiro atoms. The van der Waals surface area contributed by atoms with Crippen LogP contribution in [-0.4, -0.2) is 56.7 Å². The first-order valence-electron chi connectivity index (χ1n) is 9.44. The fraction of sp³-hybridized carbons (Fsp3) is 0.600. The summed E-state index contributed by atoms with van der Waals surface area (Å²) in [4.78, 5) is 26.1. The zero-order chi connectivity index (χ0) is 19.1. The molecule has 148 valence electrons. The van der Waals surface area contributed by atoms with Gasteiger partial charge in [-0.25, -0.2) is 4.79 Å². The van der Waals surface area contributed by atoms with Gasteiger partial charge in [0.1, 0.15) is 6.61 Å². The molecule has 7 nitrogen and oxygen atoms in total. The highest BCUT2D eigenvalue weighted by atomic mass is 16.7. The first kappa shape index (κ1) is 19.6. The molecule has 0 saturated carbocycles. The van der Waals surface area contributed by atoms with Crippen molar-refractivity contribution in [2.75, 3.05) is 33.4 Å². The summed E-state index contributed by atoms with van der Waals surface area (Å²) in [5.74, 6) is -0.873. The molecule has 2 aliphatic heterocycles. The number of benzene rings is 1. The van der Waals surface area contributed by atoms with Crippen LogP contribution in [0.15, 0.2) is 30.3 Å². The molecule has 3 rings (SSSR count). The maximum absolute atomic E-state index is 12.4. The molecular formula is C20H27NO6. The molecule has 2 aliphatic rings. The van der Waals surface area contributed by atoms with Crippen LogP contribution in [0.5, 0.6) is 0 Å². The van der Waals surface area contributed by atoms with E-state index in [1.807, 2.05) is 30.3 Å². The lowest BCUT2D eigenvalue weighted by Gasteiger charge is -2.25. The lowest BCUT2D eigenvalue weighted by atomic mass is 9.97. The van der Waals surface area contributed by atoms with Gasteiger partial charge in [0.25, 0.3) is 0 Å². The molecule has 0 aliphatic carbocycles. The lowest BCUT2D eigenvalue weighted by Crippen LogP contribution is -2.30. The molecule has 1 aromatic carbocycles. The van der Waals surface area contributed by atoms with Crippen LogP contribution in [-0.2, 0) is 30.3 Å². The van der Waals surface area contributed by atoms with Crippen LogP contribution >= 0.6 is 0 Å². The van der Waals surface area contributed by atoms with Gasteiger partial charge >= 0.3 is 12.1 Å². The van der Waals surface area contributed by atoms with Crippen LogP contribution in [0.2, 0.25) is 0 Å². The highest BCUT2D eigenvalue weighted by molar-refractivity contribution is 5.76. The Morgan fingerprint density at radius 3 is 2.70 bits per heavy atom. The second kappa shape index (κ2) is 9.71. The van der Waals surface area contributed by atoms with Crippen LogP contribution in [0.4, 0.5) is 4.79 Å². The minimum atomic E-state index is -0.427. The van der Waals surface area contributed by atoms with Crippen molar-refractivity contribution >= 4 is 12.1 Å². The SMILES string of the molecule is COC(=O)C1CN(C(=O)OCc2ccccc2)CC1COC1CCCCO1. The van der Waals surface area contributed by atoms with Gasteiger partial charge in [-0.3, -0.25) is 4.79 Å². The van der Waals surface area contributed by atoms with E-state index in [-0.39, 0.29) is 31.3 Å². The summed E-state index contributed by atoms with van der Waals surface area (Å²) >= 11 is 0. The summed E-state index contributed by atoms with van der Waals surface area (Å²) < 4.78 is 21.7. The van der Waals surface area contributed by atoms with E-state index in [0.717, 1.165) is 24.8 Å². The normalized spacial score (nSPS) is 25.2. The molecule has 2 saturated heterocycles. The Labute approximate surface area is 159 Å². The second-order valence-electron chi connectivity index (χ2n) is 6.96. The number of esters is 1.